The molecule has 0 amide bonds. The van der Waals surface area contributed by atoms with Crippen molar-refractivity contribution in [3.8, 4) is 6.07 Å². The molecule has 1 rings (SSSR count). The Morgan fingerprint density at radius 2 is 2.12 bits per heavy atom. The number of ketones is 1. The van der Waals surface area contributed by atoms with Crippen molar-refractivity contribution in [1.82, 2.24) is 0 Å². The summed E-state index contributed by atoms with van der Waals surface area (Å²) < 4.78 is 13.3. The Balaban J connectivity index is 2.70. The summed E-state index contributed by atoms with van der Waals surface area (Å²) in [6, 6.07) is 5.91. The van der Waals surface area contributed by atoms with E-state index in [0.29, 0.717) is 6.42 Å². The summed E-state index contributed by atoms with van der Waals surface area (Å²) in [7, 11) is 0. The molecule has 17 heavy (non-hydrogen) atoms. The SMILES string of the molecule is N#Cc1c(F)cccc1C(=O)CCCCCBr. The largest absolute Gasteiger partial charge is 0.294 e. The van der Waals surface area contributed by atoms with Crippen molar-refractivity contribution in [3.63, 3.8) is 0 Å². The number of hydrogen-bond acceptors (Lipinski definition) is 2. The smallest absolute Gasteiger partial charge is 0.164 e. The zero-order valence-electron chi connectivity index (χ0n) is 9.38. The standard InChI is InChI=1S/C13H13BrFNO/c14-8-3-1-2-7-13(17)10-5-4-6-12(15)11(10)9-16/h4-6H,1-3,7-8H2. The van der Waals surface area contributed by atoms with Gasteiger partial charge in [0.05, 0.1) is 5.56 Å². The van der Waals surface area contributed by atoms with E-state index in [1.54, 1.807) is 6.07 Å². The minimum absolute atomic E-state index is 0.141. The third-order valence-electron chi connectivity index (χ3n) is 2.46. The molecular formula is C13H13BrFNO. The Bertz CT molecular complexity index is 440. The number of benzene rings is 1. The summed E-state index contributed by atoms with van der Waals surface area (Å²) in [5.74, 6) is -0.783. The number of carbonyl (C=O) groups excluding carboxylic acids is 1. The zero-order chi connectivity index (χ0) is 12.7. The van der Waals surface area contributed by atoms with Crippen molar-refractivity contribution >= 4 is 21.7 Å². The third-order valence-corrected chi connectivity index (χ3v) is 3.02. The average molecular weight is 298 g/mol. The lowest BCUT2D eigenvalue weighted by Gasteiger charge is -2.03. The van der Waals surface area contributed by atoms with Crippen LogP contribution in [0.15, 0.2) is 18.2 Å². The molecular weight excluding hydrogens is 285 g/mol. The molecule has 1 aromatic rings. The Hall–Kier alpha value is -1.21. The quantitative estimate of drug-likeness (QED) is 0.455. The van der Waals surface area contributed by atoms with Gasteiger partial charge in [-0.3, -0.25) is 4.79 Å². The highest BCUT2D eigenvalue weighted by Gasteiger charge is 2.14. The molecule has 0 aliphatic carbocycles. The number of nitrogens with zero attached hydrogens (tertiary/aromatic N) is 1. The van der Waals surface area contributed by atoms with E-state index in [4.69, 9.17) is 5.26 Å². The molecule has 0 unspecified atom stereocenters. The van der Waals surface area contributed by atoms with Gasteiger partial charge in [-0.2, -0.15) is 5.26 Å². The predicted molar refractivity (Wildman–Crippen MR) is 67.7 cm³/mol. The van der Waals surface area contributed by atoms with Crippen molar-refractivity contribution in [3.05, 3.63) is 35.1 Å². The first-order valence-corrected chi connectivity index (χ1v) is 6.60. The van der Waals surface area contributed by atoms with Crippen molar-refractivity contribution in [2.45, 2.75) is 25.7 Å². The van der Waals surface area contributed by atoms with Gasteiger partial charge in [0.25, 0.3) is 0 Å². The van der Waals surface area contributed by atoms with Crippen LogP contribution < -0.4 is 0 Å². The molecule has 1 aromatic carbocycles. The molecule has 0 heterocycles. The Morgan fingerprint density at radius 1 is 1.35 bits per heavy atom. The first-order chi connectivity index (χ1) is 8.20. The first-order valence-electron chi connectivity index (χ1n) is 5.48. The van der Waals surface area contributed by atoms with Gasteiger partial charge in [-0.15, -0.1) is 0 Å². The van der Waals surface area contributed by atoms with Crippen LogP contribution in [0.1, 0.15) is 41.6 Å². The molecule has 0 aliphatic heterocycles. The topological polar surface area (TPSA) is 40.9 Å². The predicted octanol–water partition coefficient (Wildman–Crippen LogP) is 3.84. The number of alkyl halides is 1. The lowest BCUT2D eigenvalue weighted by molar-refractivity contribution is 0.0978. The van der Waals surface area contributed by atoms with E-state index < -0.39 is 5.82 Å². The van der Waals surface area contributed by atoms with E-state index in [9.17, 15) is 9.18 Å². The van der Waals surface area contributed by atoms with Crippen LogP contribution in [0.5, 0.6) is 0 Å². The second-order valence-corrected chi connectivity index (χ2v) is 4.49. The fourth-order valence-electron chi connectivity index (χ4n) is 1.56. The fraction of sp³-hybridized carbons (Fsp3) is 0.385. The van der Waals surface area contributed by atoms with E-state index >= 15 is 0 Å². The monoisotopic (exact) mass is 297 g/mol. The highest BCUT2D eigenvalue weighted by Crippen LogP contribution is 2.16. The summed E-state index contributed by atoms with van der Waals surface area (Å²) >= 11 is 3.32. The molecule has 0 bridgehead atoms. The van der Waals surface area contributed by atoms with E-state index in [1.807, 2.05) is 0 Å². The van der Waals surface area contributed by atoms with Crippen LogP contribution in [0.4, 0.5) is 4.39 Å². The molecule has 0 radical (unpaired) electrons. The number of halogens is 2. The molecule has 0 aromatic heterocycles. The highest BCUT2D eigenvalue weighted by molar-refractivity contribution is 9.09. The van der Waals surface area contributed by atoms with Crippen molar-refractivity contribution < 1.29 is 9.18 Å². The van der Waals surface area contributed by atoms with Gasteiger partial charge in [0.1, 0.15) is 11.9 Å². The lowest BCUT2D eigenvalue weighted by atomic mass is 10.00. The van der Waals surface area contributed by atoms with E-state index in [-0.39, 0.29) is 16.9 Å². The first kappa shape index (κ1) is 13.9. The Labute approximate surface area is 109 Å². The van der Waals surface area contributed by atoms with Gasteiger partial charge in [0.15, 0.2) is 5.78 Å². The van der Waals surface area contributed by atoms with Crippen molar-refractivity contribution in [1.29, 1.82) is 5.26 Å². The molecule has 0 atom stereocenters. The van der Waals surface area contributed by atoms with Crippen LogP contribution in [0.2, 0.25) is 0 Å². The van der Waals surface area contributed by atoms with Gasteiger partial charge in [0.2, 0.25) is 0 Å². The molecule has 0 fully saturated rings. The van der Waals surface area contributed by atoms with E-state index in [2.05, 4.69) is 15.9 Å². The second-order valence-electron chi connectivity index (χ2n) is 3.70. The fourth-order valence-corrected chi connectivity index (χ4v) is 1.96. The van der Waals surface area contributed by atoms with Crippen LogP contribution in [0.25, 0.3) is 0 Å². The highest BCUT2D eigenvalue weighted by atomic mass is 79.9. The molecule has 0 spiro atoms. The summed E-state index contributed by atoms with van der Waals surface area (Å²) in [4.78, 5) is 11.8. The molecule has 2 nitrogen and oxygen atoms in total. The summed E-state index contributed by atoms with van der Waals surface area (Å²) in [5, 5.41) is 9.73. The molecule has 4 heteroatoms. The van der Waals surface area contributed by atoms with Gasteiger partial charge in [-0.05, 0) is 25.0 Å². The van der Waals surface area contributed by atoms with E-state index in [1.165, 1.54) is 18.2 Å². The van der Waals surface area contributed by atoms with Crippen LogP contribution in [-0.2, 0) is 0 Å². The average Bonchev–Trinajstić information content (AvgIpc) is 2.34. The van der Waals surface area contributed by atoms with Gasteiger partial charge in [-0.25, -0.2) is 4.39 Å². The van der Waals surface area contributed by atoms with E-state index in [0.717, 1.165) is 24.6 Å². The van der Waals surface area contributed by atoms with Crippen LogP contribution >= 0.6 is 15.9 Å². The van der Waals surface area contributed by atoms with Gasteiger partial charge in [-0.1, -0.05) is 28.4 Å². The normalized spacial score (nSPS) is 9.94. The maximum absolute atomic E-state index is 13.3. The second kappa shape index (κ2) is 7.18. The minimum Gasteiger partial charge on any atom is -0.294 e. The van der Waals surface area contributed by atoms with Crippen LogP contribution in [0.3, 0.4) is 0 Å². The van der Waals surface area contributed by atoms with Crippen LogP contribution in [0, 0.1) is 17.1 Å². The van der Waals surface area contributed by atoms with Gasteiger partial charge < -0.3 is 0 Å². The van der Waals surface area contributed by atoms with Gasteiger partial charge in [0, 0.05) is 17.3 Å². The number of hydrogen-bond donors (Lipinski definition) is 0. The minimum atomic E-state index is -0.626. The van der Waals surface area contributed by atoms with Gasteiger partial charge >= 0.3 is 0 Å². The maximum Gasteiger partial charge on any atom is 0.164 e. The molecule has 0 saturated carbocycles. The summed E-state index contributed by atoms with van der Waals surface area (Å²) in [5.41, 5.74) is 0.0596. The molecule has 0 saturated heterocycles. The summed E-state index contributed by atoms with van der Waals surface area (Å²) in [6.07, 6.45) is 3.10. The maximum atomic E-state index is 13.3. The molecule has 0 N–H and O–H groups in total. The van der Waals surface area contributed by atoms with Crippen LogP contribution in [-0.4, -0.2) is 11.1 Å². The number of Topliss-reactive ketones (excluding diaryl/α,β-unsaturated/α-hetero) is 1. The zero-order valence-corrected chi connectivity index (χ0v) is 11.0. The summed E-state index contributed by atoms with van der Waals surface area (Å²) in [6.45, 7) is 0. The third kappa shape index (κ3) is 3.94. The molecule has 0 aliphatic rings. The number of rotatable bonds is 6. The Kier molecular flexibility index (Phi) is 5.85. The number of carbonyl (C=O) groups is 1. The number of unbranched alkanes of at least 4 members (excludes halogenated alkanes) is 2. The van der Waals surface area contributed by atoms with Crippen molar-refractivity contribution in [2.75, 3.05) is 5.33 Å². The lowest BCUT2D eigenvalue weighted by Crippen LogP contribution is -2.03. The van der Waals surface area contributed by atoms with Crippen molar-refractivity contribution in [2.24, 2.45) is 0 Å². The molecule has 90 valence electrons. The Morgan fingerprint density at radius 3 is 2.76 bits per heavy atom. The number of nitriles is 1.